The Morgan fingerprint density at radius 2 is 1.94 bits per heavy atom. The van der Waals surface area contributed by atoms with Gasteiger partial charge >= 0.3 is 0 Å². The monoisotopic (exact) mass is 258 g/mol. The highest BCUT2D eigenvalue weighted by molar-refractivity contribution is 6.74. The molecule has 0 amide bonds. The summed E-state index contributed by atoms with van der Waals surface area (Å²) in [7, 11) is -1.59. The van der Waals surface area contributed by atoms with E-state index in [1.54, 1.807) is 0 Å². The summed E-state index contributed by atoms with van der Waals surface area (Å²) in [4.78, 5) is 0. The topological polar surface area (TPSA) is 31.0 Å². The van der Waals surface area contributed by atoms with E-state index >= 15 is 0 Å². The lowest BCUT2D eigenvalue weighted by atomic mass is 9.89. The van der Waals surface area contributed by atoms with Crippen molar-refractivity contribution in [2.24, 2.45) is 5.92 Å². The molecule has 2 saturated heterocycles. The van der Waals surface area contributed by atoms with Gasteiger partial charge in [0.15, 0.2) is 14.1 Å². The zero-order valence-electron chi connectivity index (χ0n) is 12.0. The minimum absolute atomic E-state index is 0.179. The van der Waals surface area contributed by atoms with Crippen LogP contribution in [0.25, 0.3) is 0 Å². The van der Waals surface area contributed by atoms with Gasteiger partial charge in [0.1, 0.15) is 6.61 Å². The van der Waals surface area contributed by atoms with Gasteiger partial charge in [0, 0.05) is 12.5 Å². The highest BCUT2D eigenvalue weighted by atomic mass is 28.4. The summed E-state index contributed by atoms with van der Waals surface area (Å²) in [6.45, 7) is 15.2. The van der Waals surface area contributed by atoms with Crippen LogP contribution in [0.5, 0.6) is 0 Å². The molecule has 2 rings (SSSR count). The molecular formula is C13H26O3Si. The van der Waals surface area contributed by atoms with Crippen LogP contribution in [-0.2, 0) is 13.9 Å². The molecule has 3 atom stereocenters. The maximum atomic E-state index is 6.16. The third-order valence-corrected chi connectivity index (χ3v) is 9.24. The molecule has 0 bridgehead atoms. The van der Waals surface area contributed by atoms with Crippen LogP contribution in [0, 0.1) is 5.92 Å². The van der Waals surface area contributed by atoms with Crippen molar-refractivity contribution in [3.63, 3.8) is 0 Å². The molecule has 0 aromatic rings. The Balaban J connectivity index is 1.70. The standard InChI is InChI=1S/C13H26O3Si/c1-10-11(16-13(10)9-14-13)7-8-15-17(5,6)12(2,3)4/h10-11H,7-9H2,1-6H3/t10-,11-,13?/m1/s1. The van der Waals surface area contributed by atoms with E-state index < -0.39 is 8.32 Å². The lowest BCUT2D eigenvalue weighted by Crippen LogP contribution is -2.51. The SMILES string of the molecule is C[C@@H]1[C@@H](CCO[Si](C)(C)C(C)(C)C)OC12CO2. The molecular weight excluding hydrogens is 232 g/mol. The largest absolute Gasteiger partial charge is 0.417 e. The molecule has 2 aliphatic rings. The predicted molar refractivity (Wildman–Crippen MR) is 70.5 cm³/mol. The first-order valence-corrected chi connectivity index (χ1v) is 9.54. The molecule has 2 heterocycles. The molecule has 1 spiro atoms. The number of ether oxygens (including phenoxy) is 2. The summed E-state index contributed by atoms with van der Waals surface area (Å²) in [5, 5.41) is 0.292. The maximum Gasteiger partial charge on any atom is 0.197 e. The number of epoxide rings is 1. The average Bonchev–Trinajstić information content (AvgIpc) is 2.96. The van der Waals surface area contributed by atoms with E-state index in [0.717, 1.165) is 19.6 Å². The smallest absolute Gasteiger partial charge is 0.197 e. The van der Waals surface area contributed by atoms with Crippen molar-refractivity contribution in [2.75, 3.05) is 13.2 Å². The molecule has 2 fully saturated rings. The van der Waals surface area contributed by atoms with Crippen LogP contribution in [0.2, 0.25) is 18.1 Å². The predicted octanol–water partition coefficient (Wildman–Crippen LogP) is 3.16. The Bertz CT molecular complexity index is 292. The minimum Gasteiger partial charge on any atom is -0.417 e. The second kappa shape index (κ2) is 4.05. The van der Waals surface area contributed by atoms with Crippen molar-refractivity contribution in [1.82, 2.24) is 0 Å². The molecule has 0 aliphatic carbocycles. The van der Waals surface area contributed by atoms with E-state index in [1.807, 2.05) is 0 Å². The fraction of sp³-hybridized carbons (Fsp3) is 1.00. The molecule has 0 saturated carbocycles. The number of hydrogen-bond donors (Lipinski definition) is 0. The van der Waals surface area contributed by atoms with Crippen molar-refractivity contribution in [3.05, 3.63) is 0 Å². The fourth-order valence-electron chi connectivity index (χ4n) is 2.03. The van der Waals surface area contributed by atoms with Crippen molar-refractivity contribution in [3.8, 4) is 0 Å². The van der Waals surface area contributed by atoms with Gasteiger partial charge in [-0.15, -0.1) is 0 Å². The van der Waals surface area contributed by atoms with Crippen LogP contribution in [0.1, 0.15) is 34.1 Å². The van der Waals surface area contributed by atoms with Crippen LogP contribution in [0.15, 0.2) is 0 Å². The van der Waals surface area contributed by atoms with E-state index in [-0.39, 0.29) is 5.79 Å². The molecule has 17 heavy (non-hydrogen) atoms. The molecule has 0 N–H and O–H groups in total. The highest BCUT2D eigenvalue weighted by Gasteiger charge is 2.63. The van der Waals surface area contributed by atoms with E-state index in [4.69, 9.17) is 13.9 Å². The maximum absolute atomic E-state index is 6.16. The van der Waals surface area contributed by atoms with Crippen molar-refractivity contribution in [2.45, 2.75) is 64.1 Å². The first-order chi connectivity index (χ1) is 7.68. The van der Waals surface area contributed by atoms with Crippen molar-refractivity contribution >= 4 is 8.32 Å². The molecule has 0 aromatic carbocycles. The third kappa shape index (κ3) is 2.45. The van der Waals surface area contributed by atoms with Gasteiger partial charge in [0.05, 0.1) is 6.10 Å². The normalized spacial score (nSPS) is 37.1. The number of hydrogen-bond acceptors (Lipinski definition) is 3. The molecule has 100 valence electrons. The summed E-state index contributed by atoms with van der Waals surface area (Å²) in [5.74, 6) is 0.354. The van der Waals surface area contributed by atoms with Crippen LogP contribution < -0.4 is 0 Å². The lowest BCUT2D eigenvalue weighted by molar-refractivity contribution is -0.248. The van der Waals surface area contributed by atoms with Crippen molar-refractivity contribution < 1.29 is 13.9 Å². The molecule has 3 nitrogen and oxygen atoms in total. The Morgan fingerprint density at radius 3 is 2.35 bits per heavy atom. The van der Waals surface area contributed by atoms with Gasteiger partial charge in [0.2, 0.25) is 0 Å². The molecule has 0 radical (unpaired) electrons. The van der Waals surface area contributed by atoms with E-state index in [1.165, 1.54) is 0 Å². The van der Waals surface area contributed by atoms with E-state index in [0.29, 0.717) is 17.1 Å². The fourth-order valence-corrected chi connectivity index (χ4v) is 3.10. The zero-order valence-corrected chi connectivity index (χ0v) is 13.0. The molecule has 0 aromatic heterocycles. The first-order valence-electron chi connectivity index (χ1n) is 6.64. The van der Waals surface area contributed by atoms with Gasteiger partial charge in [-0.1, -0.05) is 27.7 Å². The van der Waals surface area contributed by atoms with Gasteiger partial charge in [-0.05, 0) is 24.6 Å². The average molecular weight is 258 g/mol. The van der Waals surface area contributed by atoms with Gasteiger partial charge in [-0.2, -0.15) is 0 Å². The van der Waals surface area contributed by atoms with E-state index in [9.17, 15) is 0 Å². The number of rotatable bonds is 4. The van der Waals surface area contributed by atoms with Crippen LogP contribution in [0.3, 0.4) is 0 Å². The summed E-state index contributed by atoms with van der Waals surface area (Å²) >= 11 is 0. The minimum atomic E-state index is -1.59. The second-order valence-electron chi connectivity index (χ2n) is 6.94. The molecule has 2 aliphatic heterocycles. The summed E-state index contributed by atoms with van der Waals surface area (Å²) in [6, 6.07) is 0. The van der Waals surface area contributed by atoms with Gasteiger partial charge in [-0.3, -0.25) is 0 Å². The Morgan fingerprint density at radius 1 is 1.35 bits per heavy atom. The van der Waals surface area contributed by atoms with Crippen molar-refractivity contribution in [1.29, 1.82) is 0 Å². The first kappa shape index (κ1) is 13.5. The second-order valence-corrected chi connectivity index (χ2v) is 11.8. The Labute approximate surface area is 106 Å². The quantitative estimate of drug-likeness (QED) is 0.573. The zero-order chi connectivity index (χ0) is 12.9. The lowest BCUT2D eigenvalue weighted by Gasteiger charge is -2.42. The molecule has 4 heteroatoms. The Kier molecular flexibility index (Phi) is 3.22. The third-order valence-electron chi connectivity index (χ3n) is 4.70. The molecule has 1 unspecified atom stereocenters. The summed E-state index contributed by atoms with van der Waals surface area (Å²) < 4.78 is 17.2. The van der Waals surface area contributed by atoms with Crippen LogP contribution in [-0.4, -0.2) is 33.4 Å². The van der Waals surface area contributed by atoms with Crippen LogP contribution >= 0.6 is 0 Å². The van der Waals surface area contributed by atoms with E-state index in [2.05, 4.69) is 40.8 Å². The Hall–Kier alpha value is 0.0969. The summed E-state index contributed by atoms with van der Waals surface area (Å²) in [6.07, 6.45) is 1.33. The summed E-state index contributed by atoms with van der Waals surface area (Å²) in [5.41, 5.74) is 0. The highest BCUT2D eigenvalue weighted by Crippen LogP contribution is 2.50. The van der Waals surface area contributed by atoms with Gasteiger partial charge in [-0.25, -0.2) is 0 Å². The van der Waals surface area contributed by atoms with Gasteiger partial charge in [0.25, 0.3) is 0 Å². The van der Waals surface area contributed by atoms with Gasteiger partial charge < -0.3 is 13.9 Å². The van der Waals surface area contributed by atoms with Crippen LogP contribution in [0.4, 0.5) is 0 Å².